The maximum atomic E-state index is 12.9. The standard InChI is InChI=1S/C23H26N4O4/c1-31-19-6-2-5-18(14-19)26-10-12-27(13-11-26)22(30)7-8-23(17-4-3-9-24-16-17)20(28)15-21(29)25-23/h2-6,9,14,16H,7-8,10-13,15H2,1H3,(H,25,29). The number of pyridine rings is 1. The summed E-state index contributed by atoms with van der Waals surface area (Å²) < 4.78 is 5.29. The third-order valence-corrected chi connectivity index (χ3v) is 6.07. The van der Waals surface area contributed by atoms with E-state index in [1.54, 1.807) is 31.6 Å². The zero-order valence-electron chi connectivity index (χ0n) is 17.5. The van der Waals surface area contributed by atoms with Gasteiger partial charge in [-0.05, 0) is 24.6 Å². The molecule has 2 aromatic rings. The SMILES string of the molecule is COc1cccc(N2CCN(C(=O)CCC3(c4cccnc4)NC(=O)CC3=O)CC2)c1. The molecule has 1 N–H and O–H groups in total. The van der Waals surface area contributed by atoms with Crippen molar-refractivity contribution in [2.45, 2.75) is 24.8 Å². The van der Waals surface area contributed by atoms with Gasteiger partial charge >= 0.3 is 0 Å². The van der Waals surface area contributed by atoms with E-state index in [-0.39, 0.29) is 36.9 Å². The molecule has 2 saturated heterocycles. The number of piperazine rings is 1. The fourth-order valence-corrected chi connectivity index (χ4v) is 4.32. The van der Waals surface area contributed by atoms with Crippen LogP contribution in [0.3, 0.4) is 0 Å². The van der Waals surface area contributed by atoms with E-state index >= 15 is 0 Å². The second kappa shape index (κ2) is 8.75. The van der Waals surface area contributed by atoms with Crippen LogP contribution in [0.2, 0.25) is 0 Å². The third-order valence-electron chi connectivity index (χ3n) is 6.07. The minimum absolute atomic E-state index is 0.0116. The Balaban J connectivity index is 1.38. The van der Waals surface area contributed by atoms with Gasteiger partial charge in [0.05, 0.1) is 13.5 Å². The highest BCUT2D eigenvalue weighted by atomic mass is 16.5. The number of carbonyl (C=O) groups is 3. The van der Waals surface area contributed by atoms with Gasteiger partial charge in [0.1, 0.15) is 11.3 Å². The summed E-state index contributed by atoms with van der Waals surface area (Å²) in [5.41, 5.74) is 0.534. The van der Waals surface area contributed by atoms with E-state index in [9.17, 15) is 14.4 Å². The number of rotatable bonds is 6. The molecule has 1 aromatic carbocycles. The van der Waals surface area contributed by atoms with Gasteiger partial charge in [-0.1, -0.05) is 12.1 Å². The lowest BCUT2D eigenvalue weighted by atomic mass is 9.84. The molecule has 0 spiro atoms. The van der Waals surface area contributed by atoms with Crippen LogP contribution >= 0.6 is 0 Å². The highest BCUT2D eigenvalue weighted by Gasteiger charge is 2.47. The molecular weight excluding hydrogens is 396 g/mol. The van der Waals surface area contributed by atoms with Crippen LogP contribution in [0.5, 0.6) is 5.75 Å². The Kier molecular flexibility index (Phi) is 5.88. The molecule has 3 heterocycles. The van der Waals surface area contributed by atoms with E-state index in [0.29, 0.717) is 18.7 Å². The molecule has 0 aliphatic carbocycles. The van der Waals surface area contributed by atoms with Crippen molar-refractivity contribution in [3.63, 3.8) is 0 Å². The summed E-state index contributed by atoms with van der Waals surface area (Å²) in [6.45, 7) is 2.66. The maximum Gasteiger partial charge on any atom is 0.228 e. The summed E-state index contributed by atoms with van der Waals surface area (Å²) in [7, 11) is 1.64. The quantitative estimate of drug-likeness (QED) is 0.710. The first-order valence-corrected chi connectivity index (χ1v) is 10.4. The number of hydrogen-bond acceptors (Lipinski definition) is 6. The van der Waals surface area contributed by atoms with Crippen molar-refractivity contribution in [3.8, 4) is 5.75 Å². The number of Topliss-reactive ketones (excluding diaryl/α,β-unsaturated/α-hetero) is 1. The molecule has 31 heavy (non-hydrogen) atoms. The van der Waals surface area contributed by atoms with Crippen LogP contribution in [0.4, 0.5) is 5.69 Å². The maximum absolute atomic E-state index is 12.9. The normalized spacial score (nSPS) is 21.2. The van der Waals surface area contributed by atoms with Crippen molar-refractivity contribution in [3.05, 3.63) is 54.4 Å². The number of nitrogens with zero attached hydrogens (tertiary/aromatic N) is 3. The largest absolute Gasteiger partial charge is 0.497 e. The zero-order valence-corrected chi connectivity index (χ0v) is 17.5. The molecular formula is C23H26N4O4. The molecule has 2 aliphatic rings. The van der Waals surface area contributed by atoms with E-state index in [4.69, 9.17) is 4.74 Å². The van der Waals surface area contributed by atoms with Crippen LogP contribution in [0.1, 0.15) is 24.8 Å². The van der Waals surface area contributed by atoms with Gasteiger partial charge in [-0.3, -0.25) is 19.4 Å². The summed E-state index contributed by atoms with van der Waals surface area (Å²) in [6.07, 6.45) is 3.45. The Morgan fingerprint density at radius 2 is 1.97 bits per heavy atom. The van der Waals surface area contributed by atoms with Crippen LogP contribution in [-0.2, 0) is 19.9 Å². The van der Waals surface area contributed by atoms with E-state index in [2.05, 4.69) is 15.2 Å². The monoisotopic (exact) mass is 422 g/mol. The molecule has 2 fully saturated rings. The topological polar surface area (TPSA) is 91.8 Å². The number of aromatic nitrogens is 1. The molecule has 0 bridgehead atoms. The number of hydrogen-bond donors (Lipinski definition) is 1. The van der Waals surface area contributed by atoms with E-state index < -0.39 is 5.54 Å². The van der Waals surface area contributed by atoms with Gasteiger partial charge in [-0.25, -0.2) is 0 Å². The fourth-order valence-electron chi connectivity index (χ4n) is 4.32. The average molecular weight is 422 g/mol. The van der Waals surface area contributed by atoms with Crippen molar-refractivity contribution in [2.75, 3.05) is 38.2 Å². The molecule has 8 heteroatoms. The molecule has 8 nitrogen and oxygen atoms in total. The Bertz CT molecular complexity index is 973. The lowest BCUT2D eigenvalue weighted by molar-refractivity contribution is -0.132. The minimum atomic E-state index is -1.16. The summed E-state index contributed by atoms with van der Waals surface area (Å²) in [5.74, 6) is 0.275. The lowest BCUT2D eigenvalue weighted by Gasteiger charge is -2.37. The smallest absolute Gasteiger partial charge is 0.228 e. The number of benzene rings is 1. The summed E-state index contributed by atoms with van der Waals surface area (Å²) in [5, 5.41) is 2.81. The highest BCUT2D eigenvalue weighted by molar-refractivity contribution is 6.10. The van der Waals surface area contributed by atoms with E-state index in [1.807, 2.05) is 29.2 Å². The Morgan fingerprint density at radius 3 is 2.61 bits per heavy atom. The predicted molar refractivity (Wildman–Crippen MR) is 115 cm³/mol. The van der Waals surface area contributed by atoms with Crippen LogP contribution in [0, 0.1) is 0 Å². The molecule has 2 aliphatic heterocycles. The first kappa shape index (κ1) is 20.8. The van der Waals surface area contributed by atoms with Gasteiger partial charge in [0, 0.05) is 62.3 Å². The Morgan fingerprint density at radius 1 is 1.16 bits per heavy atom. The van der Waals surface area contributed by atoms with Gasteiger partial charge in [0.2, 0.25) is 11.8 Å². The molecule has 1 atom stereocenters. The average Bonchev–Trinajstić information content (AvgIpc) is 3.12. The Labute approximate surface area is 181 Å². The van der Waals surface area contributed by atoms with Gasteiger partial charge in [-0.2, -0.15) is 0 Å². The van der Waals surface area contributed by atoms with E-state index in [1.165, 1.54) is 0 Å². The molecule has 1 aromatic heterocycles. The first-order valence-electron chi connectivity index (χ1n) is 10.4. The zero-order chi connectivity index (χ0) is 21.8. The van der Waals surface area contributed by atoms with E-state index in [0.717, 1.165) is 24.5 Å². The van der Waals surface area contributed by atoms with Crippen molar-refractivity contribution in [1.82, 2.24) is 15.2 Å². The minimum Gasteiger partial charge on any atom is -0.497 e. The molecule has 0 saturated carbocycles. The van der Waals surface area contributed by atoms with Gasteiger partial charge in [0.15, 0.2) is 5.78 Å². The van der Waals surface area contributed by atoms with Crippen LogP contribution in [-0.4, -0.2) is 60.8 Å². The number of nitrogens with one attached hydrogen (secondary N) is 1. The fraction of sp³-hybridized carbons (Fsp3) is 0.391. The van der Waals surface area contributed by atoms with Crippen molar-refractivity contribution in [2.24, 2.45) is 0 Å². The summed E-state index contributed by atoms with van der Waals surface area (Å²) >= 11 is 0. The van der Waals surface area contributed by atoms with Crippen LogP contribution in [0.15, 0.2) is 48.8 Å². The second-order valence-electron chi connectivity index (χ2n) is 7.86. The number of anilines is 1. The van der Waals surface area contributed by atoms with Crippen LogP contribution in [0.25, 0.3) is 0 Å². The first-order chi connectivity index (χ1) is 15.0. The molecule has 2 amide bonds. The molecule has 1 unspecified atom stereocenters. The third kappa shape index (κ3) is 4.23. The molecule has 0 radical (unpaired) electrons. The van der Waals surface area contributed by atoms with Crippen molar-refractivity contribution >= 4 is 23.3 Å². The predicted octanol–water partition coefficient (Wildman–Crippen LogP) is 1.50. The van der Waals surface area contributed by atoms with Gasteiger partial charge in [-0.15, -0.1) is 0 Å². The van der Waals surface area contributed by atoms with Crippen molar-refractivity contribution in [1.29, 1.82) is 0 Å². The van der Waals surface area contributed by atoms with Gasteiger partial charge < -0.3 is 19.9 Å². The number of carbonyl (C=O) groups excluding carboxylic acids is 3. The number of methoxy groups -OCH3 is 1. The summed E-state index contributed by atoms with van der Waals surface area (Å²) in [4.78, 5) is 45.7. The molecule has 4 rings (SSSR count). The number of ether oxygens (including phenoxy) is 1. The van der Waals surface area contributed by atoms with Gasteiger partial charge in [0.25, 0.3) is 0 Å². The Hall–Kier alpha value is -3.42. The van der Waals surface area contributed by atoms with Crippen molar-refractivity contribution < 1.29 is 19.1 Å². The molecule has 162 valence electrons. The van der Waals surface area contributed by atoms with Crippen LogP contribution < -0.4 is 15.0 Å². The highest BCUT2D eigenvalue weighted by Crippen LogP contribution is 2.33. The summed E-state index contributed by atoms with van der Waals surface area (Å²) in [6, 6.07) is 11.4. The number of amides is 2. The number of ketones is 1. The lowest BCUT2D eigenvalue weighted by Crippen LogP contribution is -2.50. The second-order valence-corrected chi connectivity index (χ2v) is 7.86.